The topological polar surface area (TPSA) is 84.1 Å². The van der Waals surface area contributed by atoms with Crippen molar-refractivity contribution < 1.29 is 4.79 Å². The number of thiophene rings is 1. The van der Waals surface area contributed by atoms with Gasteiger partial charge in [0.05, 0.1) is 5.69 Å². The van der Waals surface area contributed by atoms with Crippen LogP contribution in [0.4, 0.5) is 5.69 Å². The summed E-state index contributed by atoms with van der Waals surface area (Å²) < 4.78 is 0. The van der Waals surface area contributed by atoms with E-state index in [0.717, 1.165) is 19.5 Å². The van der Waals surface area contributed by atoms with E-state index in [2.05, 4.69) is 20.2 Å². The summed E-state index contributed by atoms with van der Waals surface area (Å²) in [6.07, 6.45) is 4.16. The van der Waals surface area contributed by atoms with Crippen LogP contribution < -0.4 is 11.1 Å². The van der Waals surface area contributed by atoms with Gasteiger partial charge in [0.25, 0.3) is 5.91 Å². The van der Waals surface area contributed by atoms with Crippen LogP contribution in [-0.2, 0) is 0 Å². The first-order chi connectivity index (χ1) is 9.15. The van der Waals surface area contributed by atoms with Crippen LogP contribution in [0.2, 0.25) is 0 Å². The maximum absolute atomic E-state index is 12.2. The first kappa shape index (κ1) is 12.3. The predicted octanol–water partition coefficient (Wildman–Crippen LogP) is 0.707. The summed E-state index contributed by atoms with van der Waals surface area (Å²) in [6, 6.07) is 0.197. The van der Waals surface area contributed by atoms with E-state index in [4.69, 9.17) is 5.73 Å². The monoisotopic (exact) mass is 277 g/mol. The fraction of sp³-hybridized carbons (Fsp3) is 0.417. The second-order valence-electron chi connectivity index (χ2n) is 4.78. The number of hydrogen-bond donors (Lipinski definition) is 2. The van der Waals surface area contributed by atoms with Crippen LogP contribution in [0.15, 0.2) is 12.4 Å². The lowest BCUT2D eigenvalue weighted by atomic mass is 10.2. The third-order valence-electron chi connectivity index (χ3n) is 3.30. The minimum atomic E-state index is -0.123. The van der Waals surface area contributed by atoms with Crippen molar-refractivity contribution in [2.75, 3.05) is 25.9 Å². The molecule has 0 saturated carbocycles. The molecule has 3 N–H and O–H groups in total. The number of nitrogens with one attached hydrogen (secondary N) is 1. The molecule has 0 aromatic carbocycles. The number of aromatic nitrogens is 2. The molecule has 2 aromatic heterocycles. The van der Waals surface area contributed by atoms with Gasteiger partial charge in [0.15, 0.2) is 0 Å². The number of anilines is 1. The number of rotatable bonds is 2. The van der Waals surface area contributed by atoms with Gasteiger partial charge >= 0.3 is 0 Å². The van der Waals surface area contributed by atoms with Gasteiger partial charge in [-0.25, -0.2) is 9.97 Å². The largest absolute Gasteiger partial charge is 0.396 e. The molecule has 0 spiro atoms. The van der Waals surface area contributed by atoms with Crippen molar-refractivity contribution in [2.45, 2.75) is 12.5 Å². The second-order valence-corrected chi connectivity index (χ2v) is 5.78. The molecule has 19 heavy (non-hydrogen) atoms. The van der Waals surface area contributed by atoms with Gasteiger partial charge < -0.3 is 16.0 Å². The smallest absolute Gasteiger partial charge is 0.263 e. The van der Waals surface area contributed by atoms with Gasteiger partial charge in [-0.15, -0.1) is 11.3 Å². The summed E-state index contributed by atoms with van der Waals surface area (Å²) in [5, 5.41) is 3.02. The number of amides is 1. The predicted molar refractivity (Wildman–Crippen MR) is 75.2 cm³/mol. The number of nitrogen functional groups attached to an aromatic ring is 1. The van der Waals surface area contributed by atoms with Crippen LogP contribution in [0.25, 0.3) is 10.3 Å². The Morgan fingerprint density at radius 3 is 3.00 bits per heavy atom. The summed E-state index contributed by atoms with van der Waals surface area (Å²) >= 11 is 1.29. The molecule has 0 bridgehead atoms. The molecule has 1 unspecified atom stereocenters. The number of carbonyl (C=O) groups excluding carboxylic acids is 1. The van der Waals surface area contributed by atoms with E-state index in [1.165, 1.54) is 11.3 Å². The fourth-order valence-corrected chi connectivity index (χ4v) is 3.24. The Labute approximate surface area is 114 Å². The lowest BCUT2D eigenvalue weighted by molar-refractivity contribution is 0.0943. The first-order valence-electron chi connectivity index (χ1n) is 6.13. The average molecular weight is 277 g/mol. The Morgan fingerprint density at radius 1 is 1.53 bits per heavy atom. The van der Waals surface area contributed by atoms with E-state index in [1.54, 1.807) is 12.4 Å². The summed E-state index contributed by atoms with van der Waals surface area (Å²) in [4.78, 5) is 24.0. The van der Waals surface area contributed by atoms with Crippen molar-refractivity contribution in [1.29, 1.82) is 0 Å². The van der Waals surface area contributed by atoms with Crippen molar-refractivity contribution >= 4 is 33.3 Å². The number of likely N-dealkylation sites (N-methyl/N-ethyl adjacent to an activating group) is 1. The van der Waals surface area contributed by atoms with Crippen molar-refractivity contribution in [3.63, 3.8) is 0 Å². The minimum Gasteiger partial charge on any atom is -0.396 e. The van der Waals surface area contributed by atoms with Gasteiger partial charge in [-0.05, 0) is 20.0 Å². The van der Waals surface area contributed by atoms with E-state index < -0.39 is 0 Å². The number of hydrogen-bond acceptors (Lipinski definition) is 6. The maximum atomic E-state index is 12.2. The fourth-order valence-electron chi connectivity index (χ4n) is 2.32. The quantitative estimate of drug-likeness (QED) is 0.844. The molecule has 1 fully saturated rings. The van der Waals surface area contributed by atoms with Crippen LogP contribution in [0, 0.1) is 0 Å². The molecule has 100 valence electrons. The molecule has 1 aliphatic heterocycles. The zero-order chi connectivity index (χ0) is 13.4. The third kappa shape index (κ3) is 2.26. The minimum absolute atomic E-state index is 0.123. The molecule has 2 aromatic rings. The van der Waals surface area contributed by atoms with Crippen molar-refractivity contribution in [1.82, 2.24) is 20.2 Å². The summed E-state index contributed by atoms with van der Waals surface area (Å²) in [5.41, 5.74) is 7.02. The van der Waals surface area contributed by atoms with Gasteiger partial charge in [0.1, 0.15) is 15.2 Å². The molecule has 1 saturated heterocycles. The van der Waals surface area contributed by atoms with Gasteiger partial charge in [0.2, 0.25) is 0 Å². The molecule has 1 aliphatic rings. The van der Waals surface area contributed by atoms with Crippen molar-refractivity contribution in [3.8, 4) is 0 Å². The zero-order valence-electron chi connectivity index (χ0n) is 10.6. The summed E-state index contributed by atoms with van der Waals surface area (Å²) in [6.45, 7) is 1.89. The standard InChI is InChI=1S/C12H15N5OS/c1-17-5-2-7(6-17)16-11(18)10-8(13)9-12(19-10)15-4-3-14-9/h3-4,7H,2,5-6,13H2,1H3,(H,16,18). The summed E-state index contributed by atoms with van der Waals surface area (Å²) in [5.74, 6) is -0.123. The lowest BCUT2D eigenvalue weighted by Crippen LogP contribution is -2.36. The molecule has 7 heteroatoms. The van der Waals surface area contributed by atoms with Crippen LogP contribution in [0.5, 0.6) is 0 Å². The van der Waals surface area contributed by atoms with Crippen LogP contribution >= 0.6 is 11.3 Å². The number of carbonyl (C=O) groups is 1. The Bertz CT molecular complexity index is 626. The Hall–Kier alpha value is -1.73. The van der Waals surface area contributed by atoms with Crippen molar-refractivity contribution in [3.05, 3.63) is 17.3 Å². The summed E-state index contributed by atoms with van der Waals surface area (Å²) in [7, 11) is 2.05. The highest BCUT2D eigenvalue weighted by atomic mass is 32.1. The Balaban J connectivity index is 1.83. The first-order valence-corrected chi connectivity index (χ1v) is 6.95. The van der Waals surface area contributed by atoms with Gasteiger partial charge in [0, 0.05) is 25.0 Å². The highest BCUT2D eigenvalue weighted by Crippen LogP contribution is 2.30. The van der Waals surface area contributed by atoms with Gasteiger partial charge in [-0.1, -0.05) is 0 Å². The second kappa shape index (κ2) is 4.75. The van der Waals surface area contributed by atoms with Gasteiger partial charge in [-0.3, -0.25) is 4.79 Å². The van der Waals surface area contributed by atoms with E-state index in [-0.39, 0.29) is 11.9 Å². The maximum Gasteiger partial charge on any atom is 0.263 e. The average Bonchev–Trinajstić information content (AvgIpc) is 2.94. The Kier molecular flexibility index (Phi) is 3.08. The number of fused-ring (bicyclic) bond motifs is 1. The van der Waals surface area contributed by atoms with E-state index in [0.29, 0.717) is 20.9 Å². The van der Waals surface area contributed by atoms with Crippen LogP contribution in [-0.4, -0.2) is 47.0 Å². The van der Waals surface area contributed by atoms with E-state index in [1.807, 2.05) is 7.05 Å². The number of nitrogens with zero attached hydrogens (tertiary/aromatic N) is 3. The molecule has 6 nitrogen and oxygen atoms in total. The normalized spacial score (nSPS) is 19.9. The molecule has 0 radical (unpaired) electrons. The number of likely N-dealkylation sites (tertiary alicyclic amines) is 1. The third-order valence-corrected chi connectivity index (χ3v) is 4.40. The van der Waals surface area contributed by atoms with Crippen LogP contribution in [0.3, 0.4) is 0 Å². The SMILES string of the molecule is CN1CCC(NC(=O)c2sc3nccnc3c2N)C1. The zero-order valence-corrected chi connectivity index (χ0v) is 11.4. The van der Waals surface area contributed by atoms with Gasteiger partial charge in [-0.2, -0.15) is 0 Å². The lowest BCUT2D eigenvalue weighted by Gasteiger charge is -2.12. The molecular weight excluding hydrogens is 262 g/mol. The highest BCUT2D eigenvalue weighted by Gasteiger charge is 2.24. The molecule has 1 amide bonds. The molecule has 0 aliphatic carbocycles. The van der Waals surface area contributed by atoms with Crippen molar-refractivity contribution in [2.24, 2.45) is 0 Å². The number of nitrogens with two attached hydrogens (primary N) is 1. The molecule has 1 atom stereocenters. The van der Waals surface area contributed by atoms with E-state index >= 15 is 0 Å². The Morgan fingerprint density at radius 2 is 2.32 bits per heavy atom. The molecular formula is C12H15N5OS. The molecule has 3 heterocycles. The van der Waals surface area contributed by atoms with Crippen LogP contribution in [0.1, 0.15) is 16.1 Å². The highest BCUT2D eigenvalue weighted by molar-refractivity contribution is 7.21. The van der Waals surface area contributed by atoms with E-state index in [9.17, 15) is 4.79 Å². The molecule has 3 rings (SSSR count).